The fourth-order valence-electron chi connectivity index (χ4n) is 3.62. The van der Waals surface area contributed by atoms with Crippen LogP contribution in [0.25, 0.3) is 16.7 Å². The summed E-state index contributed by atoms with van der Waals surface area (Å²) in [5.41, 5.74) is 5.20. The second-order valence-corrected chi connectivity index (χ2v) is 8.19. The summed E-state index contributed by atoms with van der Waals surface area (Å²) in [6.07, 6.45) is 6.71. The largest absolute Gasteiger partial charge is 0.259 e. The van der Waals surface area contributed by atoms with Gasteiger partial charge in [0.25, 0.3) is 0 Å². The number of hydrogen-bond donors (Lipinski definition) is 0. The van der Waals surface area contributed by atoms with E-state index < -0.39 is 10.8 Å². The van der Waals surface area contributed by atoms with E-state index >= 15 is 0 Å². The van der Waals surface area contributed by atoms with Crippen LogP contribution in [0.1, 0.15) is 31.2 Å². The monoisotopic (exact) mass is 308 g/mol. The summed E-state index contributed by atoms with van der Waals surface area (Å²) < 4.78 is 12.3. The van der Waals surface area contributed by atoms with E-state index in [0.717, 1.165) is 19.3 Å². The quantitative estimate of drug-likeness (QED) is 0.778. The first-order chi connectivity index (χ1) is 10.8. The summed E-state index contributed by atoms with van der Waals surface area (Å²) in [5.74, 6) is 0. The summed E-state index contributed by atoms with van der Waals surface area (Å²) in [6.45, 7) is 0. The Kier molecular flexibility index (Phi) is 3.71. The lowest BCUT2D eigenvalue weighted by molar-refractivity contribution is 0.579. The zero-order valence-corrected chi connectivity index (χ0v) is 13.4. The molecule has 0 saturated carbocycles. The van der Waals surface area contributed by atoms with Gasteiger partial charge in [0, 0.05) is 16.0 Å². The molecule has 112 valence electrons. The summed E-state index contributed by atoms with van der Waals surface area (Å²) >= 11 is 0. The van der Waals surface area contributed by atoms with Crippen LogP contribution in [0.15, 0.2) is 60.7 Å². The average Bonchev–Trinajstić information content (AvgIpc) is 2.56. The second-order valence-electron chi connectivity index (χ2n) is 6.26. The highest BCUT2D eigenvalue weighted by atomic mass is 32.2. The van der Waals surface area contributed by atoms with Crippen LogP contribution in [0.2, 0.25) is 0 Å². The highest BCUT2D eigenvalue weighted by Crippen LogP contribution is 2.37. The van der Waals surface area contributed by atoms with E-state index in [-0.39, 0.29) is 5.25 Å². The van der Waals surface area contributed by atoms with Crippen molar-refractivity contribution < 1.29 is 4.21 Å². The molecule has 2 aliphatic rings. The van der Waals surface area contributed by atoms with E-state index in [1.54, 1.807) is 0 Å². The van der Waals surface area contributed by atoms with Crippen molar-refractivity contribution in [3.63, 3.8) is 0 Å². The highest BCUT2D eigenvalue weighted by Gasteiger charge is 2.33. The molecule has 2 bridgehead atoms. The van der Waals surface area contributed by atoms with Gasteiger partial charge in [0.05, 0.1) is 5.25 Å². The summed E-state index contributed by atoms with van der Waals surface area (Å²) in [5, 5.41) is 0.670. The Hall–Kier alpha value is -1.67. The van der Waals surface area contributed by atoms with Crippen molar-refractivity contribution in [3.8, 4) is 11.1 Å². The lowest BCUT2D eigenvalue weighted by atomic mass is 9.92. The minimum absolute atomic E-state index is 0.288. The average molecular weight is 308 g/mol. The predicted octanol–water partition coefficient (Wildman–Crippen LogP) is 4.81. The third kappa shape index (κ3) is 2.56. The molecule has 22 heavy (non-hydrogen) atoms. The number of rotatable bonds is 2. The molecule has 3 atom stereocenters. The number of benzene rings is 2. The molecule has 1 saturated heterocycles. The van der Waals surface area contributed by atoms with E-state index in [4.69, 9.17) is 0 Å². The molecule has 1 nitrogen and oxygen atoms in total. The van der Waals surface area contributed by atoms with Gasteiger partial charge in [0.15, 0.2) is 0 Å². The molecule has 2 aromatic carbocycles. The first kappa shape index (κ1) is 14.0. The fourth-order valence-corrected chi connectivity index (χ4v) is 5.55. The van der Waals surface area contributed by atoms with Crippen molar-refractivity contribution in [1.29, 1.82) is 0 Å². The van der Waals surface area contributed by atoms with Crippen LogP contribution < -0.4 is 0 Å². The second kappa shape index (κ2) is 5.85. The van der Waals surface area contributed by atoms with Gasteiger partial charge >= 0.3 is 0 Å². The topological polar surface area (TPSA) is 17.1 Å². The molecule has 0 amide bonds. The van der Waals surface area contributed by atoms with Crippen LogP contribution in [-0.4, -0.2) is 14.7 Å². The molecular weight excluding hydrogens is 288 g/mol. The first-order valence-corrected chi connectivity index (χ1v) is 9.35. The molecule has 0 aliphatic carbocycles. The summed E-state index contributed by atoms with van der Waals surface area (Å²) in [7, 11) is -0.641. The molecule has 4 rings (SSSR count). The standard InChI is InChI=1S/C20H20OS/c21-22-19-7-4-8-20(22)14-18(13-19)17-11-9-16(10-12-17)15-5-2-1-3-6-15/h1-3,5-6,9-13,19-20H,4,7-8,14H2. The van der Waals surface area contributed by atoms with Crippen molar-refractivity contribution >= 4 is 16.4 Å². The van der Waals surface area contributed by atoms with E-state index in [9.17, 15) is 4.21 Å². The van der Waals surface area contributed by atoms with Crippen molar-refractivity contribution in [1.82, 2.24) is 0 Å². The van der Waals surface area contributed by atoms with E-state index in [0.29, 0.717) is 5.25 Å². The Bertz CT molecular complexity index is 715. The third-order valence-electron chi connectivity index (χ3n) is 4.84. The Morgan fingerprint density at radius 3 is 2.23 bits per heavy atom. The van der Waals surface area contributed by atoms with Crippen molar-refractivity contribution in [3.05, 3.63) is 66.2 Å². The van der Waals surface area contributed by atoms with Crippen molar-refractivity contribution in [2.45, 2.75) is 36.2 Å². The zero-order chi connectivity index (χ0) is 14.9. The number of hydrogen-bond acceptors (Lipinski definition) is 1. The molecule has 1 fully saturated rings. The van der Waals surface area contributed by atoms with Gasteiger partial charge in [-0.3, -0.25) is 4.21 Å². The van der Waals surface area contributed by atoms with Crippen molar-refractivity contribution in [2.75, 3.05) is 0 Å². The maximum Gasteiger partial charge on any atom is 0.0536 e. The van der Waals surface area contributed by atoms with Gasteiger partial charge in [-0.2, -0.15) is 0 Å². The zero-order valence-electron chi connectivity index (χ0n) is 12.6. The number of fused-ring (bicyclic) bond motifs is 2. The lowest BCUT2D eigenvalue weighted by Gasteiger charge is -2.32. The third-order valence-corrected chi connectivity index (χ3v) is 6.87. The van der Waals surface area contributed by atoms with E-state index in [1.807, 2.05) is 6.07 Å². The molecule has 2 heterocycles. The molecular formula is C20H20OS. The molecule has 2 aliphatic heterocycles. The molecule has 2 aromatic rings. The predicted molar refractivity (Wildman–Crippen MR) is 94.0 cm³/mol. The summed E-state index contributed by atoms with van der Waals surface area (Å²) in [4.78, 5) is 0. The Morgan fingerprint density at radius 2 is 1.50 bits per heavy atom. The SMILES string of the molecule is O=S1C2C=C(c3ccc(-c4ccccc4)cc3)CC1CCC2. The van der Waals surface area contributed by atoms with E-state index in [2.05, 4.69) is 54.6 Å². The fraction of sp³-hybridized carbons (Fsp3) is 0.300. The smallest absolute Gasteiger partial charge is 0.0536 e. The van der Waals surface area contributed by atoms with Gasteiger partial charge < -0.3 is 0 Å². The van der Waals surface area contributed by atoms with Crippen LogP contribution >= 0.6 is 0 Å². The minimum atomic E-state index is -0.641. The van der Waals surface area contributed by atoms with Crippen LogP contribution in [0.5, 0.6) is 0 Å². The minimum Gasteiger partial charge on any atom is -0.259 e. The van der Waals surface area contributed by atoms with Crippen LogP contribution in [0, 0.1) is 0 Å². The van der Waals surface area contributed by atoms with Gasteiger partial charge in [-0.25, -0.2) is 0 Å². The maximum atomic E-state index is 12.3. The molecule has 3 unspecified atom stereocenters. The summed E-state index contributed by atoms with van der Waals surface area (Å²) in [6, 6.07) is 19.3. The maximum absolute atomic E-state index is 12.3. The molecule has 0 N–H and O–H groups in total. The first-order valence-electron chi connectivity index (χ1n) is 8.07. The Balaban J connectivity index is 1.63. The van der Waals surface area contributed by atoms with Gasteiger partial charge in [-0.05, 0) is 41.5 Å². The van der Waals surface area contributed by atoms with Crippen molar-refractivity contribution in [2.24, 2.45) is 0 Å². The van der Waals surface area contributed by atoms with Gasteiger partial charge in [0.2, 0.25) is 0 Å². The lowest BCUT2D eigenvalue weighted by Crippen LogP contribution is -2.33. The highest BCUT2D eigenvalue weighted by molar-refractivity contribution is 7.86. The normalized spacial score (nSPS) is 27.3. The Morgan fingerprint density at radius 1 is 0.818 bits per heavy atom. The Labute approximate surface area is 134 Å². The van der Waals surface area contributed by atoms with Gasteiger partial charge in [-0.15, -0.1) is 0 Å². The van der Waals surface area contributed by atoms with Crippen LogP contribution in [0.4, 0.5) is 0 Å². The van der Waals surface area contributed by atoms with Crippen LogP contribution in [0.3, 0.4) is 0 Å². The molecule has 0 radical (unpaired) electrons. The molecule has 0 aromatic heterocycles. The molecule has 0 spiro atoms. The van der Waals surface area contributed by atoms with Gasteiger partial charge in [-0.1, -0.05) is 67.1 Å². The van der Waals surface area contributed by atoms with Gasteiger partial charge in [0.1, 0.15) is 0 Å². The van der Waals surface area contributed by atoms with Crippen LogP contribution in [-0.2, 0) is 10.8 Å². The molecule has 2 heteroatoms. The number of allylic oxidation sites excluding steroid dienone is 1. The van der Waals surface area contributed by atoms with E-state index in [1.165, 1.54) is 28.7 Å².